The largest absolute Gasteiger partial charge is 0.481 e. The zero-order chi connectivity index (χ0) is 11.4. The average molecular weight is 213 g/mol. The van der Waals surface area contributed by atoms with Gasteiger partial charge in [0.05, 0.1) is 5.92 Å². The van der Waals surface area contributed by atoms with Crippen LogP contribution in [-0.2, 0) is 9.59 Å². The molecule has 86 valence electrons. The lowest BCUT2D eigenvalue weighted by molar-refractivity contribution is -0.142. The minimum atomic E-state index is -0.839. The summed E-state index contributed by atoms with van der Waals surface area (Å²) in [5.74, 6) is -1.34. The van der Waals surface area contributed by atoms with Crippen LogP contribution in [0, 0.1) is 5.92 Å². The lowest BCUT2D eigenvalue weighted by Crippen LogP contribution is -2.37. The fourth-order valence-electron chi connectivity index (χ4n) is 2.22. The van der Waals surface area contributed by atoms with Crippen LogP contribution in [-0.4, -0.2) is 34.5 Å². The first-order valence-corrected chi connectivity index (χ1v) is 5.64. The van der Waals surface area contributed by atoms with Crippen LogP contribution < -0.4 is 0 Å². The molecule has 0 spiro atoms. The number of unbranched alkanes of at least 4 members (excludes halogenated alkanes) is 1. The quantitative estimate of drug-likeness (QED) is 0.753. The summed E-state index contributed by atoms with van der Waals surface area (Å²) in [7, 11) is 0. The van der Waals surface area contributed by atoms with Crippen LogP contribution in [0.3, 0.4) is 0 Å². The molecule has 0 aromatic heterocycles. The van der Waals surface area contributed by atoms with Crippen molar-refractivity contribution in [1.82, 2.24) is 4.90 Å². The van der Waals surface area contributed by atoms with Gasteiger partial charge in [-0.1, -0.05) is 20.3 Å². The average Bonchev–Trinajstić information content (AvgIpc) is 2.52. The Morgan fingerprint density at radius 1 is 1.53 bits per heavy atom. The fraction of sp³-hybridized carbons (Fsp3) is 0.818. The van der Waals surface area contributed by atoms with E-state index < -0.39 is 11.9 Å². The van der Waals surface area contributed by atoms with Gasteiger partial charge in [-0.2, -0.15) is 0 Å². The Labute approximate surface area is 90.3 Å². The van der Waals surface area contributed by atoms with Gasteiger partial charge in [0, 0.05) is 19.0 Å². The summed E-state index contributed by atoms with van der Waals surface area (Å²) in [6.07, 6.45) is 2.89. The van der Waals surface area contributed by atoms with Crippen molar-refractivity contribution in [3.05, 3.63) is 0 Å². The minimum Gasteiger partial charge on any atom is -0.481 e. The van der Waals surface area contributed by atoms with E-state index in [-0.39, 0.29) is 18.4 Å². The smallest absolute Gasteiger partial charge is 0.309 e. The molecule has 4 heteroatoms. The molecule has 1 saturated heterocycles. The standard InChI is InChI=1S/C11H19NO3/c1-3-5-6-12-9(4-2)8(11(14)15)7-10(12)13/h8-9H,3-7H2,1-2H3,(H,14,15)/t8-,9+/m0/s1. The van der Waals surface area contributed by atoms with Gasteiger partial charge in [-0.3, -0.25) is 9.59 Å². The van der Waals surface area contributed by atoms with E-state index >= 15 is 0 Å². The van der Waals surface area contributed by atoms with Gasteiger partial charge in [0.15, 0.2) is 0 Å². The maximum absolute atomic E-state index is 11.6. The number of amides is 1. The van der Waals surface area contributed by atoms with E-state index in [1.165, 1.54) is 0 Å². The van der Waals surface area contributed by atoms with Crippen molar-refractivity contribution in [3.63, 3.8) is 0 Å². The monoisotopic (exact) mass is 213 g/mol. The maximum Gasteiger partial charge on any atom is 0.309 e. The number of hydrogen-bond acceptors (Lipinski definition) is 2. The Kier molecular flexibility index (Phi) is 4.12. The summed E-state index contributed by atoms with van der Waals surface area (Å²) in [5.41, 5.74) is 0. The van der Waals surface area contributed by atoms with Crippen molar-refractivity contribution in [2.45, 2.75) is 45.6 Å². The third-order valence-corrected chi connectivity index (χ3v) is 3.07. The Morgan fingerprint density at radius 3 is 2.67 bits per heavy atom. The molecule has 2 atom stereocenters. The molecule has 1 aliphatic rings. The van der Waals surface area contributed by atoms with E-state index in [0.29, 0.717) is 6.54 Å². The van der Waals surface area contributed by atoms with Crippen LogP contribution in [0.25, 0.3) is 0 Å². The molecule has 0 aromatic rings. The third kappa shape index (κ3) is 2.49. The molecule has 1 rings (SSSR count). The van der Waals surface area contributed by atoms with Crippen LogP contribution in [0.4, 0.5) is 0 Å². The highest BCUT2D eigenvalue weighted by atomic mass is 16.4. The van der Waals surface area contributed by atoms with Crippen molar-refractivity contribution in [2.75, 3.05) is 6.54 Å². The summed E-state index contributed by atoms with van der Waals surface area (Å²) < 4.78 is 0. The van der Waals surface area contributed by atoms with Gasteiger partial charge < -0.3 is 10.0 Å². The van der Waals surface area contributed by atoms with Crippen LogP contribution >= 0.6 is 0 Å². The maximum atomic E-state index is 11.6. The normalized spacial score (nSPS) is 26.0. The van der Waals surface area contributed by atoms with Gasteiger partial charge in [0.2, 0.25) is 5.91 Å². The molecule has 0 radical (unpaired) electrons. The second-order valence-corrected chi connectivity index (χ2v) is 4.07. The van der Waals surface area contributed by atoms with Crippen molar-refractivity contribution in [3.8, 4) is 0 Å². The Balaban J connectivity index is 2.69. The molecule has 1 N–H and O–H groups in total. The zero-order valence-corrected chi connectivity index (χ0v) is 9.40. The highest BCUT2D eigenvalue weighted by Gasteiger charge is 2.42. The van der Waals surface area contributed by atoms with Gasteiger partial charge in [-0.25, -0.2) is 0 Å². The second-order valence-electron chi connectivity index (χ2n) is 4.07. The molecule has 1 fully saturated rings. The lowest BCUT2D eigenvalue weighted by Gasteiger charge is -2.25. The number of carboxylic acid groups (broad SMARTS) is 1. The number of carbonyl (C=O) groups excluding carboxylic acids is 1. The van der Waals surface area contributed by atoms with E-state index in [2.05, 4.69) is 6.92 Å². The van der Waals surface area contributed by atoms with Crippen molar-refractivity contribution < 1.29 is 14.7 Å². The van der Waals surface area contributed by atoms with Crippen molar-refractivity contribution >= 4 is 11.9 Å². The lowest BCUT2D eigenvalue weighted by atomic mass is 9.98. The Hall–Kier alpha value is -1.06. The summed E-state index contributed by atoms with van der Waals surface area (Å²) in [6.45, 7) is 4.71. The number of likely N-dealkylation sites (tertiary alicyclic amines) is 1. The van der Waals surface area contributed by atoms with Crippen LogP contribution in [0.5, 0.6) is 0 Å². The minimum absolute atomic E-state index is 0.00250. The van der Waals surface area contributed by atoms with E-state index in [4.69, 9.17) is 5.11 Å². The summed E-state index contributed by atoms with van der Waals surface area (Å²) in [4.78, 5) is 24.3. The van der Waals surface area contributed by atoms with Crippen molar-refractivity contribution in [1.29, 1.82) is 0 Å². The topological polar surface area (TPSA) is 57.6 Å². The van der Waals surface area contributed by atoms with Crippen LogP contribution in [0.1, 0.15) is 39.5 Å². The highest BCUT2D eigenvalue weighted by Crippen LogP contribution is 2.28. The van der Waals surface area contributed by atoms with Gasteiger partial charge in [0.1, 0.15) is 0 Å². The first kappa shape index (κ1) is 12.0. The predicted octanol–water partition coefficient (Wildman–Crippen LogP) is 1.50. The summed E-state index contributed by atoms with van der Waals surface area (Å²) in [5, 5.41) is 9.00. The van der Waals surface area contributed by atoms with E-state index in [9.17, 15) is 9.59 Å². The predicted molar refractivity (Wildman–Crippen MR) is 56.4 cm³/mol. The van der Waals surface area contributed by atoms with Crippen LogP contribution in [0.15, 0.2) is 0 Å². The highest BCUT2D eigenvalue weighted by molar-refractivity contribution is 5.86. The molecule has 1 heterocycles. The molecular formula is C11H19NO3. The molecule has 0 aliphatic carbocycles. The number of carbonyl (C=O) groups is 2. The van der Waals surface area contributed by atoms with E-state index in [1.807, 2.05) is 6.92 Å². The van der Waals surface area contributed by atoms with Gasteiger partial charge >= 0.3 is 5.97 Å². The van der Waals surface area contributed by atoms with Crippen molar-refractivity contribution in [2.24, 2.45) is 5.92 Å². The van der Waals surface area contributed by atoms with E-state index in [0.717, 1.165) is 19.3 Å². The molecular weight excluding hydrogens is 194 g/mol. The SMILES string of the molecule is CCCCN1C(=O)C[C@H](C(=O)O)[C@H]1CC. The molecule has 0 saturated carbocycles. The van der Waals surface area contributed by atoms with Crippen LogP contribution in [0.2, 0.25) is 0 Å². The molecule has 15 heavy (non-hydrogen) atoms. The number of nitrogens with zero attached hydrogens (tertiary/aromatic N) is 1. The molecule has 0 bridgehead atoms. The first-order valence-electron chi connectivity index (χ1n) is 5.64. The summed E-state index contributed by atoms with van der Waals surface area (Å²) in [6, 6.07) is -0.0958. The number of rotatable bonds is 5. The van der Waals surface area contributed by atoms with Gasteiger partial charge in [0.25, 0.3) is 0 Å². The second kappa shape index (κ2) is 5.14. The molecule has 0 aromatic carbocycles. The number of hydrogen-bond donors (Lipinski definition) is 1. The van der Waals surface area contributed by atoms with E-state index in [1.54, 1.807) is 4.90 Å². The molecule has 1 aliphatic heterocycles. The fourth-order valence-corrected chi connectivity index (χ4v) is 2.22. The third-order valence-electron chi connectivity index (χ3n) is 3.07. The number of carboxylic acids is 1. The first-order chi connectivity index (χ1) is 7.11. The molecule has 1 amide bonds. The Morgan fingerprint density at radius 2 is 2.20 bits per heavy atom. The summed E-state index contributed by atoms with van der Waals surface area (Å²) >= 11 is 0. The van der Waals surface area contributed by atoms with Gasteiger partial charge in [-0.05, 0) is 12.8 Å². The Bertz CT molecular complexity index is 252. The number of aliphatic carboxylic acids is 1. The molecule has 4 nitrogen and oxygen atoms in total. The zero-order valence-electron chi connectivity index (χ0n) is 9.40. The van der Waals surface area contributed by atoms with Gasteiger partial charge in [-0.15, -0.1) is 0 Å². The molecule has 0 unspecified atom stereocenters.